The average Bonchev–Trinajstić information content (AvgIpc) is 3.15. The fourth-order valence-electron chi connectivity index (χ4n) is 2.94. The van der Waals surface area contributed by atoms with E-state index in [2.05, 4.69) is 10.6 Å². The van der Waals surface area contributed by atoms with Crippen LogP contribution in [0.25, 0.3) is 0 Å². The summed E-state index contributed by atoms with van der Waals surface area (Å²) in [5, 5.41) is 5.53. The Labute approximate surface area is 155 Å². The first-order valence-corrected chi connectivity index (χ1v) is 9.32. The molecule has 0 atom stereocenters. The van der Waals surface area contributed by atoms with Crippen molar-refractivity contribution in [3.63, 3.8) is 0 Å². The largest absolute Gasteiger partial charge is 0.450 e. The number of carbonyl (C=O) groups excluding carboxylic acids is 3. The molecule has 1 aromatic heterocycles. The Balaban J connectivity index is 1.85. The Morgan fingerprint density at radius 3 is 2.54 bits per heavy atom. The van der Waals surface area contributed by atoms with Crippen LogP contribution < -0.4 is 10.6 Å². The van der Waals surface area contributed by atoms with Gasteiger partial charge in [-0.3, -0.25) is 14.9 Å². The zero-order valence-corrected chi connectivity index (χ0v) is 15.5. The van der Waals surface area contributed by atoms with Gasteiger partial charge in [-0.1, -0.05) is 17.7 Å². The van der Waals surface area contributed by atoms with E-state index in [-0.39, 0.29) is 12.5 Å². The maximum Gasteiger partial charge on any atom is 0.414 e. The van der Waals surface area contributed by atoms with Gasteiger partial charge in [0.15, 0.2) is 0 Å². The van der Waals surface area contributed by atoms with Gasteiger partial charge in [-0.05, 0) is 50.8 Å². The number of hydrogen-bond acceptors (Lipinski definition) is 5. The van der Waals surface area contributed by atoms with E-state index in [1.807, 2.05) is 19.1 Å². The van der Waals surface area contributed by atoms with Crippen LogP contribution in [0, 0.1) is 6.92 Å². The van der Waals surface area contributed by atoms with Crippen molar-refractivity contribution in [2.75, 3.05) is 11.9 Å². The molecule has 0 bridgehead atoms. The van der Waals surface area contributed by atoms with E-state index in [9.17, 15) is 14.4 Å². The number of imide groups is 1. The van der Waals surface area contributed by atoms with Gasteiger partial charge < -0.3 is 10.1 Å². The second kappa shape index (κ2) is 7.70. The number of aryl methyl sites for hydroxylation is 2. The Morgan fingerprint density at radius 2 is 1.85 bits per heavy atom. The summed E-state index contributed by atoms with van der Waals surface area (Å²) in [6, 6.07) is 7.20. The predicted octanol–water partition coefficient (Wildman–Crippen LogP) is 3.68. The van der Waals surface area contributed by atoms with Gasteiger partial charge in [0.25, 0.3) is 11.8 Å². The molecular formula is C19H20N2O4S. The van der Waals surface area contributed by atoms with E-state index in [0.29, 0.717) is 16.1 Å². The highest BCUT2D eigenvalue weighted by Gasteiger charge is 2.28. The number of fused-ring (bicyclic) bond motifs is 1. The Kier molecular flexibility index (Phi) is 5.37. The van der Waals surface area contributed by atoms with Gasteiger partial charge in [0.05, 0.1) is 12.2 Å². The van der Waals surface area contributed by atoms with Crippen molar-refractivity contribution in [3.8, 4) is 0 Å². The number of thiophene rings is 1. The lowest BCUT2D eigenvalue weighted by molar-refractivity contribution is 0.0925. The third-order valence-electron chi connectivity index (χ3n) is 4.18. The van der Waals surface area contributed by atoms with Crippen LogP contribution in [0.1, 0.15) is 50.1 Å². The molecule has 0 spiro atoms. The molecular weight excluding hydrogens is 352 g/mol. The van der Waals surface area contributed by atoms with E-state index in [0.717, 1.165) is 35.3 Å². The van der Waals surface area contributed by atoms with Gasteiger partial charge in [0.1, 0.15) is 5.00 Å². The summed E-state index contributed by atoms with van der Waals surface area (Å²) in [7, 11) is 0. The highest BCUT2D eigenvalue weighted by Crippen LogP contribution is 2.39. The maximum absolute atomic E-state index is 12.6. The lowest BCUT2D eigenvalue weighted by Gasteiger charge is -2.09. The summed E-state index contributed by atoms with van der Waals surface area (Å²) >= 11 is 1.40. The molecule has 0 saturated carbocycles. The molecule has 0 unspecified atom stereocenters. The summed E-state index contributed by atoms with van der Waals surface area (Å²) in [5.41, 5.74) is 2.86. The first-order valence-electron chi connectivity index (χ1n) is 8.50. The number of hydrogen-bond donors (Lipinski definition) is 2. The molecule has 136 valence electrons. The van der Waals surface area contributed by atoms with Crippen LogP contribution >= 0.6 is 11.3 Å². The lowest BCUT2D eigenvalue weighted by Crippen LogP contribution is -2.32. The first kappa shape index (κ1) is 18.1. The van der Waals surface area contributed by atoms with Gasteiger partial charge >= 0.3 is 6.09 Å². The van der Waals surface area contributed by atoms with E-state index < -0.39 is 12.0 Å². The van der Waals surface area contributed by atoms with E-state index >= 15 is 0 Å². The third-order valence-corrected chi connectivity index (χ3v) is 5.39. The van der Waals surface area contributed by atoms with Crippen LogP contribution in [0.4, 0.5) is 9.80 Å². The van der Waals surface area contributed by atoms with Crippen LogP contribution in [0.5, 0.6) is 0 Å². The standard InChI is InChI=1S/C19H20N2O4S/c1-3-25-19(24)21-17(23)15-13-5-4-6-14(13)26-18(15)20-16(22)12-9-7-11(2)8-10-12/h7-10H,3-6H2,1-2H3,(H,20,22)(H,21,23,24). The summed E-state index contributed by atoms with van der Waals surface area (Å²) in [6.45, 7) is 3.79. The number of carbonyl (C=O) groups is 3. The molecule has 3 rings (SSSR count). The molecule has 0 saturated heterocycles. The van der Waals surface area contributed by atoms with Crippen molar-refractivity contribution in [1.82, 2.24) is 5.32 Å². The van der Waals surface area contributed by atoms with E-state index in [4.69, 9.17) is 4.74 Å². The molecule has 26 heavy (non-hydrogen) atoms. The minimum absolute atomic E-state index is 0.178. The number of anilines is 1. The quantitative estimate of drug-likeness (QED) is 0.857. The first-order chi connectivity index (χ1) is 12.5. The normalized spacial score (nSPS) is 12.4. The molecule has 1 aliphatic rings. The van der Waals surface area contributed by atoms with Gasteiger partial charge in [-0.2, -0.15) is 0 Å². The van der Waals surface area contributed by atoms with E-state index in [1.165, 1.54) is 11.3 Å². The summed E-state index contributed by atoms with van der Waals surface area (Å²) in [4.78, 5) is 37.8. The molecule has 0 radical (unpaired) electrons. The summed E-state index contributed by atoms with van der Waals surface area (Å²) in [6.07, 6.45) is 1.82. The zero-order chi connectivity index (χ0) is 18.7. The van der Waals surface area contributed by atoms with Crippen LogP contribution in [0.3, 0.4) is 0 Å². The predicted molar refractivity (Wildman–Crippen MR) is 100.0 cm³/mol. The number of benzene rings is 1. The monoisotopic (exact) mass is 372 g/mol. The fraction of sp³-hybridized carbons (Fsp3) is 0.316. The van der Waals surface area contributed by atoms with Crippen molar-refractivity contribution in [3.05, 3.63) is 51.4 Å². The molecule has 0 aliphatic heterocycles. The Hall–Kier alpha value is -2.67. The van der Waals surface area contributed by atoms with Crippen molar-refractivity contribution < 1.29 is 19.1 Å². The van der Waals surface area contributed by atoms with Gasteiger partial charge in [0, 0.05) is 10.4 Å². The smallest absolute Gasteiger partial charge is 0.414 e. The van der Waals surface area contributed by atoms with Crippen LogP contribution in [-0.4, -0.2) is 24.5 Å². The zero-order valence-electron chi connectivity index (χ0n) is 14.7. The SMILES string of the molecule is CCOC(=O)NC(=O)c1c(NC(=O)c2ccc(C)cc2)sc2c1CCC2. The molecule has 6 nitrogen and oxygen atoms in total. The third kappa shape index (κ3) is 3.77. The van der Waals surface area contributed by atoms with Gasteiger partial charge in [0.2, 0.25) is 0 Å². The van der Waals surface area contributed by atoms with Crippen LogP contribution in [0.15, 0.2) is 24.3 Å². The maximum atomic E-state index is 12.6. The Morgan fingerprint density at radius 1 is 1.12 bits per heavy atom. The molecule has 2 N–H and O–H groups in total. The number of nitrogens with one attached hydrogen (secondary N) is 2. The summed E-state index contributed by atoms with van der Waals surface area (Å²) < 4.78 is 4.78. The molecule has 3 amide bonds. The van der Waals surface area contributed by atoms with Crippen molar-refractivity contribution >= 4 is 34.2 Å². The van der Waals surface area contributed by atoms with Crippen molar-refractivity contribution in [1.29, 1.82) is 0 Å². The second-order valence-electron chi connectivity index (χ2n) is 6.06. The highest BCUT2D eigenvalue weighted by atomic mass is 32.1. The number of alkyl carbamates (subject to hydrolysis) is 1. The number of ether oxygens (including phenoxy) is 1. The fourth-order valence-corrected chi connectivity index (χ4v) is 4.22. The van der Waals surface area contributed by atoms with Crippen molar-refractivity contribution in [2.24, 2.45) is 0 Å². The molecule has 1 heterocycles. The topological polar surface area (TPSA) is 84.5 Å². The van der Waals surface area contributed by atoms with Gasteiger partial charge in [-0.25, -0.2) is 4.79 Å². The van der Waals surface area contributed by atoms with Crippen LogP contribution in [-0.2, 0) is 17.6 Å². The number of rotatable bonds is 4. The van der Waals surface area contributed by atoms with Crippen LogP contribution in [0.2, 0.25) is 0 Å². The van der Waals surface area contributed by atoms with E-state index in [1.54, 1.807) is 19.1 Å². The second-order valence-corrected chi connectivity index (χ2v) is 7.16. The van der Waals surface area contributed by atoms with Gasteiger partial charge in [-0.15, -0.1) is 11.3 Å². The Bertz CT molecular complexity index is 855. The molecule has 2 aromatic rings. The highest BCUT2D eigenvalue weighted by molar-refractivity contribution is 7.17. The average molecular weight is 372 g/mol. The minimum atomic E-state index is -0.786. The number of amides is 3. The molecule has 7 heteroatoms. The molecule has 0 fully saturated rings. The minimum Gasteiger partial charge on any atom is -0.450 e. The van der Waals surface area contributed by atoms with Crippen molar-refractivity contribution in [2.45, 2.75) is 33.1 Å². The molecule has 1 aliphatic carbocycles. The summed E-state index contributed by atoms with van der Waals surface area (Å²) in [5.74, 6) is -0.822. The lowest BCUT2D eigenvalue weighted by atomic mass is 10.1. The molecule has 1 aromatic carbocycles.